The topological polar surface area (TPSA) is 60.4 Å². The number of carboxylic acids is 1. The predicted molar refractivity (Wildman–Crippen MR) is 219 cm³/mol. The molecule has 1 aromatic carbocycles. The Morgan fingerprint density at radius 3 is 0.902 bits per heavy atom. The summed E-state index contributed by atoms with van der Waals surface area (Å²) in [6.45, 7) is 7.25. The minimum atomic E-state index is -1.18. The molecule has 0 fully saturated rings. The third-order valence-electron chi connectivity index (χ3n) is 9.48. The molecule has 0 amide bonds. The third-order valence-corrected chi connectivity index (χ3v) is 9.48. The van der Waals surface area contributed by atoms with Crippen LogP contribution in [0.4, 0.5) is 0 Å². The Morgan fingerprint density at radius 1 is 0.471 bits per heavy atom. The van der Waals surface area contributed by atoms with Crippen molar-refractivity contribution in [2.24, 2.45) is 0 Å². The number of aromatic carboxylic acids is 1. The van der Waals surface area contributed by atoms with Gasteiger partial charge in [0.15, 0.2) is 0 Å². The zero-order valence-corrected chi connectivity index (χ0v) is 37.1. The van der Waals surface area contributed by atoms with Crippen LogP contribution in [0.3, 0.4) is 0 Å². The van der Waals surface area contributed by atoms with E-state index in [9.17, 15) is 9.90 Å². The monoisotopic (exact) mass is 785 g/mol. The van der Waals surface area contributed by atoms with Crippen molar-refractivity contribution in [1.82, 2.24) is 0 Å². The van der Waals surface area contributed by atoms with Crippen LogP contribution in [0.25, 0.3) is 0 Å². The van der Waals surface area contributed by atoms with Gasteiger partial charge in [0.1, 0.15) is 0 Å². The molecule has 0 saturated carbocycles. The smallest absolute Gasteiger partial charge is 0.335 e. The number of rotatable bonds is 31. The summed E-state index contributed by atoms with van der Waals surface area (Å²) in [5.74, 6) is -1.62. The molecule has 0 atom stereocenters. The van der Waals surface area contributed by atoms with Crippen LogP contribution in [0.1, 0.15) is 204 Å². The predicted octanol–water partition coefficient (Wildman–Crippen LogP) is 9.81. The Labute approximate surface area is 330 Å². The molecule has 0 radical (unpaired) electrons. The number of benzene rings is 1. The van der Waals surface area contributed by atoms with Crippen LogP contribution in [0, 0.1) is 0 Å². The van der Waals surface area contributed by atoms with Crippen molar-refractivity contribution in [2.75, 3.05) is 55.4 Å². The fraction of sp³-hybridized carbons (Fsp3) is 0.844. The van der Waals surface area contributed by atoms with E-state index >= 15 is 0 Å². The fourth-order valence-electron chi connectivity index (χ4n) is 6.20. The number of carboxylic acid groups (broad SMARTS) is 1. The van der Waals surface area contributed by atoms with E-state index in [1.165, 1.54) is 217 Å². The van der Waals surface area contributed by atoms with E-state index in [1.807, 2.05) is 0 Å². The standard InChI is InChI=1S/2C19H42N.C7H6O3.BrH/c2*1-5-6-7-8-9-10-11-12-13-14-15-16-17-18-19-20(2,3)4;8-6-4-2-1-3-5(6)7(9)10;/h2*5-19H2,1-4H3;1-4,8H,(H,9,10);1H/q2*+1;;/p-2. The molecule has 1 N–H and O–H groups in total. The lowest BCUT2D eigenvalue weighted by atomic mass is 10.0. The van der Waals surface area contributed by atoms with Crippen LogP contribution in [-0.2, 0) is 0 Å². The van der Waals surface area contributed by atoms with Gasteiger partial charge in [-0.1, -0.05) is 192 Å². The summed E-state index contributed by atoms with van der Waals surface area (Å²) in [6, 6.07) is 5.54. The maximum absolute atomic E-state index is 10.7. The second-order valence-electron chi connectivity index (χ2n) is 17.0. The molecule has 0 heterocycles. The van der Waals surface area contributed by atoms with Gasteiger partial charge in [-0.25, -0.2) is 4.79 Å². The Morgan fingerprint density at radius 2 is 0.706 bits per heavy atom. The normalized spacial score (nSPS) is 11.2. The molecule has 1 rings (SSSR count). The van der Waals surface area contributed by atoms with Gasteiger partial charge in [0, 0.05) is 0 Å². The highest BCUT2D eigenvalue weighted by atomic mass is 79.9. The second-order valence-corrected chi connectivity index (χ2v) is 17.0. The molecule has 304 valence electrons. The Balaban J connectivity index is -0.000000705. The van der Waals surface area contributed by atoms with Gasteiger partial charge in [-0.3, -0.25) is 0 Å². The molecule has 0 aromatic heterocycles. The minimum Gasteiger partial charge on any atom is -1.00 e. The lowest BCUT2D eigenvalue weighted by Gasteiger charge is -2.23. The van der Waals surface area contributed by atoms with Crippen molar-refractivity contribution in [3.05, 3.63) is 29.8 Å². The summed E-state index contributed by atoms with van der Waals surface area (Å²) in [6.07, 6.45) is 40.7. The summed E-state index contributed by atoms with van der Waals surface area (Å²) >= 11 is 0. The van der Waals surface area contributed by atoms with E-state index in [0.29, 0.717) is 0 Å². The average Bonchev–Trinajstić information content (AvgIpc) is 3.05. The van der Waals surface area contributed by atoms with Crippen molar-refractivity contribution < 1.29 is 41.0 Å². The molecule has 0 unspecified atom stereocenters. The number of unbranched alkanes of at least 4 members (excludes halogenated alkanes) is 26. The molecule has 0 spiro atoms. The summed E-state index contributed by atoms with van der Waals surface area (Å²) in [7, 11) is 13.8. The molecule has 0 saturated heterocycles. The number of hydrogen-bond donors (Lipinski definition) is 1. The Kier molecular flexibility index (Phi) is 41.1. The number of carbonyl (C=O) groups is 1. The van der Waals surface area contributed by atoms with Crippen LogP contribution in [0.5, 0.6) is 5.75 Å². The highest BCUT2D eigenvalue weighted by molar-refractivity contribution is 5.90. The van der Waals surface area contributed by atoms with Gasteiger partial charge in [0.2, 0.25) is 0 Å². The molecule has 1 aromatic rings. The molecular weight excluding hydrogens is 696 g/mol. The van der Waals surface area contributed by atoms with Gasteiger partial charge in [-0.15, -0.1) is 0 Å². The summed E-state index contributed by atoms with van der Waals surface area (Å²) < 4.78 is 2.25. The number of nitrogens with zero attached hydrogens (tertiary/aromatic N) is 2. The lowest BCUT2D eigenvalue weighted by Crippen LogP contribution is -3.00. The SMILES string of the molecule is CCCCCCCCCCCCCCCC[N+](C)(C)C.CCCCCCCCCCCCCCCC[N+](C)(C)C.O=C(O)c1ccccc1[O-].[Br-]. The molecule has 5 nitrogen and oxygen atoms in total. The van der Waals surface area contributed by atoms with Gasteiger partial charge in [-0.2, -0.15) is 0 Å². The lowest BCUT2D eigenvalue weighted by molar-refractivity contribution is -0.870. The van der Waals surface area contributed by atoms with Gasteiger partial charge >= 0.3 is 5.97 Å². The minimum absolute atomic E-state index is 0. The zero-order valence-electron chi connectivity index (χ0n) is 35.6. The van der Waals surface area contributed by atoms with Gasteiger partial charge < -0.3 is 36.2 Å². The third kappa shape index (κ3) is 46.9. The van der Waals surface area contributed by atoms with Gasteiger partial charge in [0.25, 0.3) is 0 Å². The van der Waals surface area contributed by atoms with Crippen LogP contribution in [0.15, 0.2) is 24.3 Å². The van der Waals surface area contributed by atoms with E-state index in [-0.39, 0.29) is 22.5 Å². The van der Waals surface area contributed by atoms with E-state index in [4.69, 9.17) is 5.11 Å². The van der Waals surface area contributed by atoms with E-state index < -0.39 is 11.7 Å². The first kappa shape index (κ1) is 54.2. The molecule has 0 bridgehead atoms. The molecular formula is C45H89BrN2O3. The highest BCUT2D eigenvalue weighted by Gasteiger charge is 2.06. The number of para-hydroxylation sites is 1. The number of halogens is 1. The quantitative estimate of drug-likeness (QED) is 0.0603. The Hall–Kier alpha value is -1.11. The van der Waals surface area contributed by atoms with E-state index in [2.05, 4.69) is 56.1 Å². The van der Waals surface area contributed by atoms with Crippen LogP contribution in [0.2, 0.25) is 0 Å². The van der Waals surface area contributed by atoms with Crippen molar-refractivity contribution in [3.8, 4) is 5.75 Å². The second kappa shape index (κ2) is 38.6. The van der Waals surface area contributed by atoms with Gasteiger partial charge in [-0.05, 0) is 31.7 Å². The molecule has 6 heteroatoms. The summed E-state index contributed by atoms with van der Waals surface area (Å²) in [5.41, 5.74) is -0.178. The first-order valence-corrected chi connectivity index (χ1v) is 21.4. The number of hydrogen-bond acceptors (Lipinski definition) is 2. The van der Waals surface area contributed by atoms with Gasteiger partial charge in [0.05, 0.1) is 60.9 Å². The first-order valence-electron chi connectivity index (χ1n) is 21.4. The summed E-state index contributed by atoms with van der Waals surface area (Å²) in [4.78, 5) is 10.2. The maximum atomic E-state index is 10.7. The fourth-order valence-corrected chi connectivity index (χ4v) is 6.20. The highest BCUT2D eigenvalue weighted by Crippen LogP contribution is 2.15. The van der Waals surface area contributed by atoms with E-state index in [1.54, 1.807) is 0 Å². The first-order chi connectivity index (χ1) is 23.8. The molecule has 0 aliphatic heterocycles. The Bertz CT molecular complexity index is 809. The van der Waals surface area contributed by atoms with Crippen molar-refractivity contribution in [3.63, 3.8) is 0 Å². The number of quaternary nitrogens is 2. The zero-order chi connectivity index (χ0) is 37.8. The van der Waals surface area contributed by atoms with Crippen molar-refractivity contribution in [2.45, 2.75) is 194 Å². The average molecular weight is 786 g/mol. The molecule has 0 aliphatic rings. The molecule has 51 heavy (non-hydrogen) atoms. The van der Waals surface area contributed by atoms with Crippen LogP contribution >= 0.6 is 0 Å². The largest absolute Gasteiger partial charge is 1.00 e. The summed E-state index contributed by atoms with van der Waals surface area (Å²) in [5, 5.41) is 19.0. The van der Waals surface area contributed by atoms with Crippen molar-refractivity contribution in [1.29, 1.82) is 0 Å². The van der Waals surface area contributed by atoms with E-state index in [0.717, 1.165) is 8.97 Å². The van der Waals surface area contributed by atoms with Crippen molar-refractivity contribution >= 4 is 5.97 Å². The van der Waals surface area contributed by atoms with Crippen LogP contribution < -0.4 is 22.1 Å². The molecule has 0 aliphatic carbocycles. The maximum Gasteiger partial charge on any atom is 0.335 e. The van der Waals surface area contributed by atoms with Crippen LogP contribution in [-0.4, -0.2) is 75.4 Å².